The van der Waals surface area contributed by atoms with Crippen LogP contribution in [0.1, 0.15) is 5.69 Å². The van der Waals surface area contributed by atoms with Crippen molar-refractivity contribution in [2.75, 3.05) is 5.73 Å². The van der Waals surface area contributed by atoms with Crippen LogP contribution in [0.25, 0.3) is 10.8 Å². The van der Waals surface area contributed by atoms with Crippen LogP contribution in [-0.2, 0) is 0 Å². The van der Waals surface area contributed by atoms with Crippen LogP contribution >= 0.6 is 0 Å². The minimum Gasteiger partial charge on any atom is -0.396 e. The zero-order valence-corrected chi connectivity index (χ0v) is 6.99. The topological polar surface area (TPSA) is 38.9 Å². The van der Waals surface area contributed by atoms with Crippen LogP contribution in [0.4, 0.5) is 5.69 Å². The third-order valence-corrected chi connectivity index (χ3v) is 1.98. The molecular formula is C11H8N2. The SMILES string of the molecule is C#Cc1ncc2ccccc2c1N. The second-order valence-corrected chi connectivity index (χ2v) is 2.75. The van der Waals surface area contributed by atoms with Crippen LogP contribution in [0.15, 0.2) is 30.5 Å². The van der Waals surface area contributed by atoms with E-state index in [1.807, 2.05) is 24.3 Å². The van der Waals surface area contributed by atoms with Gasteiger partial charge in [0.15, 0.2) is 0 Å². The smallest absolute Gasteiger partial charge is 0.136 e. The van der Waals surface area contributed by atoms with Gasteiger partial charge in [-0.1, -0.05) is 24.3 Å². The summed E-state index contributed by atoms with van der Waals surface area (Å²) in [5.74, 6) is 2.45. The zero-order valence-electron chi connectivity index (χ0n) is 6.99. The van der Waals surface area contributed by atoms with E-state index in [1.165, 1.54) is 0 Å². The van der Waals surface area contributed by atoms with E-state index in [0.717, 1.165) is 10.8 Å². The van der Waals surface area contributed by atoms with Crippen molar-refractivity contribution in [3.63, 3.8) is 0 Å². The molecule has 2 aromatic rings. The molecule has 0 atom stereocenters. The number of rotatable bonds is 0. The molecule has 0 spiro atoms. The van der Waals surface area contributed by atoms with Gasteiger partial charge in [0.25, 0.3) is 0 Å². The molecule has 0 radical (unpaired) electrons. The van der Waals surface area contributed by atoms with Crippen LogP contribution in [0.5, 0.6) is 0 Å². The molecule has 0 fully saturated rings. The predicted molar refractivity (Wildman–Crippen MR) is 54.1 cm³/mol. The van der Waals surface area contributed by atoms with E-state index in [1.54, 1.807) is 6.20 Å². The van der Waals surface area contributed by atoms with Gasteiger partial charge >= 0.3 is 0 Å². The Labute approximate surface area is 76.4 Å². The fourth-order valence-electron chi connectivity index (χ4n) is 1.30. The molecule has 1 heterocycles. The van der Waals surface area contributed by atoms with E-state index in [2.05, 4.69) is 10.9 Å². The van der Waals surface area contributed by atoms with Crippen molar-refractivity contribution in [1.82, 2.24) is 4.98 Å². The van der Waals surface area contributed by atoms with Gasteiger partial charge in [0.2, 0.25) is 0 Å². The molecule has 0 saturated carbocycles. The Bertz CT molecular complexity index is 495. The molecule has 0 aliphatic heterocycles. The third kappa shape index (κ3) is 1.11. The van der Waals surface area contributed by atoms with Crippen molar-refractivity contribution in [2.45, 2.75) is 0 Å². The van der Waals surface area contributed by atoms with E-state index < -0.39 is 0 Å². The van der Waals surface area contributed by atoms with E-state index in [0.29, 0.717) is 11.4 Å². The molecule has 2 rings (SSSR count). The first-order valence-electron chi connectivity index (χ1n) is 3.93. The summed E-state index contributed by atoms with van der Waals surface area (Å²) in [5.41, 5.74) is 6.92. The number of aromatic nitrogens is 1. The number of nitrogens with two attached hydrogens (primary N) is 1. The molecule has 62 valence electrons. The van der Waals surface area contributed by atoms with E-state index in [9.17, 15) is 0 Å². The largest absolute Gasteiger partial charge is 0.396 e. The number of fused-ring (bicyclic) bond motifs is 1. The third-order valence-electron chi connectivity index (χ3n) is 1.98. The first-order chi connectivity index (χ1) is 6.33. The second-order valence-electron chi connectivity index (χ2n) is 2.75. The Morgan fingerprint density at radius 2 is 2.08 bits per heavy atom. The van der Waals surface area contributed by atoms with Crippen LogP contribution in [0.3, 0.4) is 0 Å². The highest BCUT2D eigenvalue weighted by molar-refractivity contribution is 5.94. The lowest BCUT2D eigenvalue weighted by atomic mass is 10.1. The number of benzene rings is 1. The highest BCUT2D eigenvalue weighted by Crippen LogP contribution is 2.21. The van der Waals surface area contributed by atoms with Crippen molar-refractivity contribution in [3.8, 4) is 12.3 Å². The Morgan fingerprint density at radius 1 is 1.31 bits per heavy atom. The average molecular weight is 168 g/mol. The maximum Gasteiger partial charge on any atom is 0.136 e. The van der Waals surface area contributed by atoms with Gasteiger partial charge < -0.3 is 5.73 Å². The molecular weight excluding hydrogens is 160 g/mol. The molecule has 0 aliphatic carbocycles. The molecule has 2 N–H and O–H groups in total. The number of anilines is 1. The predicted octanol–water partition coefficient (Wildman–Crippen LogP) is 1.80. The summed E-state index contributed by atoms with van der Waals surface area (Å²) in [6.07, 6.45) is 6.99. The number of nitrogens with zero attached hydrogens (tertiary/aromatic N) is 1. The fraction of sp³-hybridized carbons (Fsp3) is 0. The van der Waals surface area contributed by atoms with Crippen molar-refractivity contribution < 1.29 is 0 Å². The van der Waals surface area contributed by atoms with E-state index >= 15 is 0 Å². The van der Waals surface area contributed by atoms with Gasteiger partial charge in [0.1, 0.15) is 5.69 Å². The Morgan fingerprint density at radius 3 is 2.85 bits per heavy atom. The lowest BCUT2D eigenvalue weighted by molar-refractivity contribution is 1.32. The van der Waals surface area contributed by atoms with Crippen LogP contribution in [0.2, 0.25) is 0 Å². The summed E-state index contributed by atoms with van der Waals surface area (Å²) in [4.78, 5) is 4.06. The zero-order chi connectivity index (χ0) is 9.26. The van der Waals surface area contributed by atoms with Gasteiger partial charge in [-0.05, 0) is 5.92 Å². The van der Waals surface area contributed by atoms with E-state index in [4.69, 9.17) is 12.2 Å². The quantitative estimate of drug-likeness (QED) is 0.609. The minimum absolute atomic E-state index is 0.513. The van der Waals surface area contributed by atoms with E-state index in [-0.39, 0.29) is 0 Å². The summed E-state index contributed by atoms with van der Waals surface area (Å²) in [5, 5.41) is 1.98. The monoisotopic (exact) mass is 168 g/mol. The summed E-state index contributed by atoms with van der Waals surface area (Å²) >= 11 is 0. The van der Waals surface area contributed by atoms with Gasteiger partial charge in [0, 0.05) is 17.0 Å². The fourth-order valence-corrected chi connectivity index (χ4v) is 1.30. The maximum absolute atomic E-state index is 5.82. The number of pyridine rings is 1. The lowest BCUT2D eigenvalue weighted by Gasteiger charge is -2.02. The molecule has 0 amide bonds. The summed E-state index contributed by atoms with van der Waals surface area (Å²) in [6, 6.07) is 7.77. The van der Waals surface area contributed by atoms with Gasteiger partial charge in [-0.3, -0.25) is 0 Å². The normalized spacial score (nSPS) is 9.77. The molecule has 0 unspecified atom stereocenters. The van der Waals surface area contributed by atoms with Crippen LogP contribution < -0.4 is 5.73 Å². The highest BCUT2D eigenvalue weighted by atomic mass is 14.7. The van der Waals surface area contributed by atoms with Gasteiger partial charge in [-0.15, -0.1) is 6.42 Å². The molecule has 1 aromatic carbocycles. The Balaban J connectivity index is 2.89. The van der Waals surface area contributed by atoms with Crippen molar-refractivity contribution in [1.29, 1.82) is 0 Å². The number of hydrogen-bond donors (Lipinski definition) is 1. The van der Waals surface area contributed by atoms with Crippen molar-refractivity contribution >= 4 is 16.5 Å². The van der Waals surface area contributed by atoms with Gasteiger partial charge in [-0.25, -0.2) is 4.98 Å². The van der Waals surface area contributed by atoms with Gasteiger partial charge in [-0.2, -0.15) is 0 Å². The second kappa shape index (κ2) is 2.80. The van der Waals surface area contributed by atoms with Crippen molar-refractivity contribution in [2.24, 2.45) is 0 Å². The molecule has 1 aromatic heterocycles. The van der Waals surface area contributed by atoms with Crippen LogP contribution in [0, 0.1) is 12.3 Å². The summed E-state index contributed by atoms with van der Waals surface area (Å²) in [7, 11) is 0. The number of hydrogen-bond acceptors (Lipinski definition) is 2. The minimum atomic E-state index is 0.513. The lowest BCUT2D eigenvalue weighted by Crippen LogP contribution is -1.94. The van der Waals surface area contributed by atoms with Gasteiger partial charge in [0.05, 0.1) is 5.69 Å². The highest BCUT2D eigenvalue weighted by Gasteiger charge is 2.01. The molecule has 0 bridgehead atoms. The molecule has 2 heteroatoms. The number of nitrogen functional groups attached to an aromatic ring is 1. The first kappa shape index (κ1) is 7.63. The van der Waals surface area contributed by atoms with Crippen molar-refractivity contribution in [3.05, 3.63) is 36.2 Å². The summed E-state index contributed by atoms with van der Waals surface area (Å²) < 4.78 is 0. The summed E-state index contributed by atoms with van der Waals surface area (Å²) in [6.45, 7) is 0. The standard InChI is InChI=1S/C11H8N2/c1-2-10-11(12)9-6-4-3-5-8(9)7-13-10/h1,3-7H,12H2. The number of terminal acetylenes is 1. The molecule has 0 aliphatic rings. The van der Waals surface area contributed by atoms with Crippen LogP contribution in [-0.4, -0.2) is 4.98 Å². The average Bonchev–Trinajstić information content (AvgIpc) is 2.19. The molecule has 0 saturated heterocycles. The Hall–Kier alpha value is -2.01. The Kier molecular flexibility index (Phi) is 1.64. The first-order valence-corrected chi connectivity index (χ1v) is 3.93. The molecule has 2 nitrogen and oxygen atoms in total. The maximum atomic E-state index is 5.82. The molecule has 13 heavy (non-hydrogen) atoms.